The van der Waals surface area contributed by atoms with E-state index in [4.69, 9.17) is 9.59 Å². The van der Waals surface area contributed by atoms with E-state index >= 15 is 0 Å². The van der Waals surface area contributed by atoms with Gasteiger partial charge in [-0.05, 0) is 13.1 Å². The summed E-state index contributed by atoms with van der Waals surface area (Å²) in [4.78, 5) is 111. The van der Waals surface area contributed by atoms with Crippen molar-refractivity contribution in [1.82, 2.24) is 49.0 Å². The van der Waals surface area contributed by atoms with Gasteiger partial charge >= 0.3 is 145 Å². The topological polar surface area (TPSA) is 392 Å². The summed E-state index contributed by atoms with van der Waals surface area (Å²) in [5.41, 5.74) is 0. The molecule has 0 saturated carbocycles. The van der Waals surface area contributed by atoms with Crippen molar-refractivity contribution in [3.05, 3.63) is 7.05 Å². The Morgan fingerprint density at radius 1 is 0.444 bits per heavy atom. The molecule has 3 N–H and O–H groups in total. The average molecular weight is 1330 g/mol. The van der Waals surface area contributed by atoms with Gasteiger partial charge in [-0.25, -0.2) is 0 Å². The number of hydrogen-bond donors (Lipinski definition) is 2. The summed E-state index contributed by atoms with van der Waals surface area (Å²) in [6.45, 7) is -0.532. The van der Waals surface area contributed by atoms with E-state index in [-0.39, 0.29) is 283 Å². The van der Waals surface area contributed by atoms with Crippen LogP contribution in [-0.2, 0) is 38.4 Å². The van der Waals surface area contributed by atoms with Crippen LogP contribution in [0, 0.1) is 86.9 Å². The Morgan fingerprint density at radius 3 is 0.861 bits per heavy atom. The number of nitrogens with zero attached hydrogens (tertiary/aromatic N) is 10. The maximum Gasteiger partial charge on any atom is 3.00 e. The van der Waals surface area contributed by atoms with Crippen molar-refractivity contribution in [3.8, 4) is 0 Å². The fourth-order valence-electron chi connectivity index (χ4n) is 7.67. The molecule has 2 saturated heterocycles. The molecule has 28 nitrogen and oxygen atoms in total. The predicted octanol–water partition coefficient (Wildman–Crippen LogP) is -21.8. The van der Waals surface area contributed by atoms with Gasteiger partial charge in [-0.3, -0.25) is 55.9 Å². The number of aliphatic hydroxyl groups is 2. The smallest absolute Gasteiger partial charge is 0.549 e. The second-order valence-corrected chi connectivity index (χ2v) is 16.6. The molecule has 0 bridgehead atoms. The molecular weight excluding hydrogens is 1270 g/mol. The van der Waals surface area contributed by atoms with Crippen LogP contribution in [0.5, 0.6) is 0 Å². The minimum absolute atomic E-state index is 0. The second kappa shape index (κ2) is 45.8. The Morgan fingerprint density at radius 2 is 0.653 bits per heavy atom. The first kappa shape index (κ1) is 78.3. The number of rotatable bonds is 25. The number of carbonyl (C=O) groups excluding carboxylic acids is 9. The average Bonchev–Trinajstić information content (AvgIpc) is 3.20. The molecule has 0 aliphatic carbocycles. The zero-order chi connectivity index (χ0) is 51.2. The van der Waals surface area contributed by atoms with Crippen molar-refractivity contribution in [1.29, 1.82) is 0 Å². The van der Waals surface area contributed by atoms with E-state index in [9.17, 15) is 79.5 Å². The summed E-state index contributed by atoms with van der Waals surface area (Å²) in [5.74, 6) is -9.51. The summed E-state index contributed by atoms with van der Waals surface area (Å²) in [5, 5.41) is 103. The van der Waals surface area contributed by atoms with Gasteiger partial charge in [0.05, 0.1) is 54.0 Å². The van der Waals surface area contributed by atoms with Gasteiger partial charge in [0.2, 0.25) is 0 Å². The largest absolute Gasteiger partial charge is 3.00 e. The first-order chi connectivity index (χ1) is 32.1. The minimum atomic E-state index is -1.43. The molecule has 2 atom stereocenters. The van der Waals surface area contributed by atoms with E-state index in [2.05, 4.69) is 7.05 Å². The molecule has 2 aliphatic heterocycles. The van der Waals surface area contributed by atoms with Crippen LogP contribution in [-0.4, -0.2) is 314 Å². The molecule has 0 spiro atoms. The summed E-state index contributed by atoms with van der Waals surface area (Å²) < 4.78 is 0. The van der Waals surface area contributed by atoms with E-state index in [0.29, 0.717) is 6.15 Å². The van der Waals surface area contributed by atoms with Gasteiger partial charge in [0, 0.05) is 177 Å². The fourth-order valence-corrected chi connectivity index (χ4v) is 7.67. The van der Waals surface area contributed by atoms with E-state index in [1.54, 1.807) is 24.5 Å². The molecule has 2 rings (SSSR count). The van der Waals surface area contributed by atoms with Crippen molar-refractivity contribution in [2.24, 2.45) is 0 Å². The number of aliphatic hydroxyl groups excluding tert-OH is 2. The monoisotopic (exact) mass is 1340 g/mol. The van der Waals surface area contributed by atoms with Crippen LogP contribution < -0.4 is 94.9 Å². The molecule has 0 amide bonds. The number of β-amino-alcohol motifs (C(OH)–C–C–N with tert-alkyl or cyclic N) is 2. The van der Waals surface area contributed by atoms with Crippen LogP contribution in [0.2, 0.25) is 0 Å². The number of aliphatic carboxylic acids is 7. The van der Waals surface area contributed by atoms with Crippen LogP contribution in [0.15, 0.2) is 0 Å². The quantitative estimate of drug-likeness (QED) is 0.0487. The van der Waals surface area contributed by atoms with Gasteiger partial charge in [-0.1, -0.05) is 0 Å². The van der Waals surface area contributed by atoms with Crippen molar-refractivity contribution in [3.63, 3.8) is 0 Å². The van der Waals surface area contributed by atoms with Gasteiger partial charge in [0.1, 0.15) is 4.79 Å². The Balaban J connectivity index is -0.00000322. The molecule has 2 heterocycles. The molecule has 72 heavy (non-hydrogen) atoms. The van der Waals surface area contributed by atoms with Gasteiger partial charge in [0.25, 0.3) is 0 Å². The molecular formula is C40H65Gd2N10Na2O18+. The number of carbonyl (C=O) groups is 7. The Kier molecular flexibility index (Phi) is 49.8. The van der Waals surface area contributed by atoms with E-state index in [1.165, 1.54) is 19.6 Å². The maximum atomic E-state index is 11.7. The van der Waals surface area contributed by atoms with Crippen molar-refractivity contribution >= 4 is 47.9 Å². The number of hydrogen-bond acceptors (Lipinski definition) is 27. The van der Waals surface area contributed by atoms with Crippen molar-refractivity contribution in [2.75, 3.05) is 190 Å². The molecule has 0 aromatic carbocycles. The maximum absolute atomic E-state index is 11.7. The van der Waals surface area contributed by atoms with Crippen molar-refractivity contribution in [2.45, 2.75) is 12.2 Å². The Labute approximate surface area is 527 Å². The first-order valence-electron chi connectivity index (χ1n) is 21.9. The summed E-state index contributed by atoms with van der Waals surface area (Å²) >= 11 is 0. The molecule has 0 aromatic heterocycles. The standard InChI is InChI=1S/C39H71N10O16.CO2.2Gd.2Na/c1-40(20-31(50)21-41-4-8-43(24-33(52)53)12-16-47(28-37(60)61)17-13-44(9-5-41)25-34(54)55)2-3-49(30-39(64)65)23-32(51)22-42-6-10-45(26-35(56)57)14-18-48(29-38(62)63)19-15-46(11-7-42)27-36(58)59;2-1-3;;;;/h31-32,50-51H,1-30H2,(H,52,53)(H,54,55)(H,56,57)(H,58,59)(H,60,61)(H,62,63)(H,64,65);;;;;/q-1;;2*+3;2*+1/p-6. The van der Waals surface area contributed by atoms with Crippen LogP contribution in [0.25, 0.3) is 0 Å². The fraction of sp³-hybridized carbons (Fsp3) is 0.775. The summed E-state index contributed by atoms with van der Waals surface area (Å²) in [6, 6.07) is 0. The summed E-state index contributed by atoms with van der Waals surface area (Å²) in [6.07, 6.45) is -1.70. The normalized spacial score (nSPS) is 18.1. The molecule has 400 valence electrons. The molecule has 32 heteroatoms. The second-order valence-electron chi connectivity index (χ2n) is 16.6. The van der Waals surface area contributed by atoms with Crippen LogP contribution in [0.3, 0.4) is 0 Å². The van der Waals surface area contributed by atoms with Gasteiger partial charge < -0.3 is 84.4 Å². The van der Waals surface area contributed by atoms with E-state index < -0.39 is 99.8 Å². The van der Waals surface area contributed by atoms with Crippen LogP contribution in [0.4, 0.5) is 0 Å². The third-order valence-electron chi connectivity index (χ3n) is 10.9. The number of carboxylic acid groups (broad SMARTS) is 7. The van der Waals surface area contributed by atoms with Crippen LogP contribution in [0.1, 0.15) is 0 Å². The predicted molar refractivity (Wildman–Crippen MR) is 219 cm³/mol. The van der Waals surface area contributed by atoms with Gasteiger partial charge in [0.15, 0.2) is 0 Å². The zero-order valence-corrected chi connectivity index (χ0v) is 49.5. The minimum Gasteiger partial charge on any atom is -0.549 e. The Bertz CT molecular complexity index is 1560. The Hall–Kier alpha value is -0.161. The molecule has 2 unspecified atom stereocenters. The van der Waals surface area contributed by atoms with Gasteiger partial charge in [-0.15, -0.1) is 0 Å². The molecule has 2 radical (unpaired) electrons. The number of carboxylic acids is 7. The first-order valence-corrected chi connectivity index (χ1v) is 21.9. The SMILES string of the molecule is O=C=[OH+].[CH2-]N(CCN(CC(=O)[O-])CC(O)CN1CCN(CC(=O)[O-])CCN(CC(=O)[O-])CCN(CC(=O)[O-])CC1)CC(O)CN1CCN(CC(=O)[O-])CCN(CC(=O)[O-])CCN(CC(=O)[O-])CC1.[Gd+3].[Gd+3].[Na+].[Na+]. The third kappa shape index (κ3) is 41.9. The third-order valence-corrected chi connectivity index (χ3v) is 10.9. The molecule has 2 fully saturated rings. The van der Waals surface area contributed by atoms with E-state index in [1.807, 2.05) is 4.90 Å². The summed E-state index contributed by atoms with van der Waals surface area (Å²) in [7, 11) is 3.97. The van der Waals surface area contributed by atoms with Crippen LogP contribution >= 0.6 is 0 Å². The van der Waals surface area contributed by atoms with Gasteiger partial charge in [-0.2, -0.15) is 0 Å². The molecule has 2 aliphatic rings. The van der Waals surface area contributed by atoms with E-state index in [0.717, 1.165) is 0 Å². The molecule has 0 aromatic rings. The zero-order valence-electron chi connectivity index (χ0n) is 41.0. The van der Waals surface area contributed by atoms with Crippen molar-refractivity contribution < 1.29 is 228 Å².